The SMILES string of the molecule is CCCCCCCCCCCC/C=C/C(O)C(COC1OC(CO)C(OC2OC(CO)C(O)C(OC3(C(=O)O)CC(O)C(NC(C)=O)C(C(O)C(O)CO)O3)C2O)C(O)C1O)NC(=O)CCCCCCCCCCCCCCCCCCC. The quantitative estimate of drug-likeness (QED) is 0.0306. The summed E-state index contributed by atoms with van der Waals surface area (Å²) in [5.41, 5.74) is 0. The number of nitrogens with one attached hydrogen (secondary N) is 2. The highest BCUT2D eigenvalue weighted by Gasteiger charge is 2.60. The van der Waals surface area contributed by atoms with Gasteiger partial charge >= 0.3 is 5.97 Å². The molecule has 0 aromatic rings. The number of hydrogen-bond donors (Lipinski definition) is 14. The van der Waals surface area contributed by atoms with E-state index in [2.05, 4.69) is 24.5 Å². The van der Waals surface area contributed by atoms with Crippen molar-refractivity contribution >= 4 is 17.8 Å². The lowest BCUT2D eigenvalue weighted by Crippen LogP contribution is -2.70. The Morgan fingerprint density at radius 1 is 0.627 bits per heavy atom. The zero-order valence-electron chi connectivity index (χ0n) is 50.1. The first-order valence-electron chi connectivity index (χ1n) is 31.6. The monoisotopic (exact) mass is 1190 g/mol. The molecule has 0 aliphatic carbocycles. The Labute approximate surface area is 492 Å². The molecule has 83 heavy (non-hydrogen) atoms. The number of carbonyl (C=O) groups excluding carboxylic acids is 2. The largest absolute Gasteiger partial charge is 0.477 e. The number of carbonyl (C=O) groups is 3. The average molecular weight is 1200 g/mol. The van der Waals surface area contributed by atoms with Crippen LogP contribution in [-0.4, -0.2) is 215 Å². The van der Waals surface area contributed by atoms with Crippen LogP contribution in [0.3, 0.4) is 0 Å². The third-order valence-corrected chi connectivity index (χ3v) is 16.2. The predicted molar refractivity (Wildman–Crippen MR) is 306 cm³/mol. The number of unbranched alkanes of at least 4 members (excludes halogenated alkanes) is 26. The highest BCUT2D eigenvalue weighted by Crippen LogP contribution is 2.38. The predicted octanol–water partition coefficient (Wildman–Crippen LogP) is 3.56. The first kappa shape index (κ1) is 74.7. The lowest BCUT2D eigenvalue weighted by atomic mass is 9.88. The van der Waals surface area contributed by atoms with E-state index in [0.717, 1.165) is 51.9 Å². The summed E-state index contributed by atoms with van der Waals surface area (Å²) in [6.07, 6.45) is 7.04. The molecule has 0 aromatic heterocycles. The molecule has 18 unspecified atom stereocenters. The van der Waals surface area contributed by atoms with Crippen molar-refractivity contribution < 1.29 is 104 Å². The van der Waals surface area contributed by atoms with Crippen LogP contribution in [0.4, 0.5) is 0 Å². The molecule has 18 atom stereocenters. The molecule has 486 valence electrons. The first-order valence-corrected chi connectivity index (χ1v) is 31.6. The fourth-order valence-corrected chi connectivity index (χ4v) is 11.1. The van der Waals surface area contributed by atoms with E-state index < -0.39 is 155 Å². The van der Waals surface area contributed by atoms with Gasteiger partial charge in [-0.2, -0.15) is 0 Å². The molecule has 2 amide bonds. The van der Waals surface area contributed by atoms with Gasteiger partial charge in [-0.25, -0.2) is 4.79 Å². The summed E-state index contributed by atoms with van der Waals surface area (Å²) >= 11 is 0. The highest BCUT2D eigenvalue weighted by atomic mass is 16.8. The number of rotatable bonds is 46. The minimum absolute atomic E-state index is 0.204. The normalized spacial score (nSPS) is 30.0. The van der Waals surface area contributed by atoms with Gasteiger partial charge in [0.25, 0.3) is 5.79 Å². The van der Waals surface area contributed by atoms with Crippen molar-refractivity contribution in [3.8, 4) is 0 Å². The molecule has 3 aliphatic rings. The molecule has 23 heteroatoms. The maximum absolute atomic E-state index is 13.4. The van der Waals surface area contributed by atoms with E-state index in [1.807, 2.05) is 6.08 Å². The molecule has 3 aliphatic heterocycles. The Bertz CT molecular complexity index is 1750. The second kappa shape index (κ2) is 42.4. The van der Waals surface area contributed by atoms with Gasteiger partial charge in [-0.05, 0) is 19.3 Å². The summed E-state index contributed by atoms with van der Waals surface area (Å²) in [5.74, 6) is -6.14. The van der Waals surface area contributed by atoms with Gasteiger partial charge in [-0.1, -0.05) is 187 Å². The molecular formula is C60H110N2O21. The van der Waals surface area contributed by atoms with E-state index in [4.69, 9.17) is 28.4 Å². The fraction of sp³-hybridized carbons (Fsp3) is 0.917. The number of allylic oxidation sites excluding steroid dienone is 1. The summed E-state index contributed by atoms with van der Waals surface area (Å²) < 4.78 is 34.7. The number of carboxylic acids is 1. The van der Waals surface area contributed by atoms with Crippen LogP contribution in [-0.2, 0) is 42.8 Å². The molecule has 3 fully saturated rings. The van der Waals surface area contributed by atoms with Crippen LogP contribution in [0.5, 0.6) is 0 Å². The minimum atomic E-state index is -3.08. The van der Waals surface area contributed by atoms with Gasteiger partial charge in [-0.3, -0.25) is 9.59 Å². The molecule has 0 bridgehead atoms. The van der Waals surface area contributed by atoms with Crippen molar-refractivity contribution in [3.63, 3.8) is 0 Å². The molecule has 3 saturated heterocycles. The summed E-state index contributed by atoms with van der Waals surface area (Å²) in [6.45, 7) is 2.10. The molecule has 3 rings (SSSR count). The molecule has 14 N–H and O–H groups in total. The van der Waals surface area contributed by atoms with Crippen molar-refractivity contribution in [2.75, 3.05) is 26.4 Å². The second-order valence-electron chi connectivity index (χ2n) is 23.3. The fourth-order valence-electron chi connectivity index (χ4n) is 11.1. The van der Waals surface area contributed by atoms with Crippen LogP contribution in [0.15, 0.2) is 12.2 Å². The third-order valence-electron chi connectivity index (χ3n) is 16.2. The van der Waals surface area contributed by atoms with Crippen molar-refractivity contribution in [3.05, 3.63) is 12.2 Å². The average Bonchev–Trinajstić information content (AvgIpc) is 2.05. The lowest BCUT2D eigenvalue weighted by molar-refractivity contribution is -0.386. The molecule has 23 nitrogen and oxygen atoms in total. The van der Waals surface area contributed by atoms with E-state index in [-0.39, 0.29) is 12.3 Å². The van der Waals surface area contributed by atoms with Gasteiger partial charge in [0.2, 0.25) is 11.8 Å². The first-order chi connectivity index (χ1) is 39.9. The van der Waals surface area contributed by atoms with E-state index >= 15 is 0 Å². The van der Waals surface area contributed by atoms with Crippen LogP contribution in [0.1, 0.15) is 213 Å². The van der Waals surface area contributed by atoms with E-state index in [1.54, 1.807) is 6.08 Å². The van der Waals surface area contributed by atoms with E-state index in [1.165, 1.54) is 122 Å². The van der Waals surface area contributed by atoms with Crippen LogP contribution in [0.25, 0.3) is 0 Å². The number of aliphatic hydroxyl groups is 11. The maximum atomic E-state index is 13.4. The minimum Gasteiger partial charge on any atom is -0.477 e. The Kier molecular flexibility index (Phi) is 38.1. The van der Waals surface area contributed by atoms with E-state index in [9.17, 15) is 75.7 Å². The Morgan fingerprint density at radius 2 is 1.12 bits per heavy atom. The number of amides is 2. The topological polar surface area (TPSA) is 373 Å². The van der Waals surface area contributed by atoms with Gasteiger partial charge in [0, 0.05) is 19.8 Å². The second-order valence-corrected chi connectivity index (χ2v) is 23.3. The van der Waals surface area contributed by atoms with Crippen molar-refractivity contribution in [2.24, 2.45) is 0 Å². The summed E-state index contributed by atoms with van der Waals surface area (Å²) in [6, 6.07) is -2.61. The zero-order valence-corrected chi connectivity index (χ0v) is 50.1. The number of hydrogen-bond acceptors (Lipinski definition) is 20. The number of aliphatic hydroxyl groups excluding tert-OH is 11. The zero-order chi connectivity index (χ0) is 61.2. The Balaban J connectivity index is 1.65. The smallest absolute Gasteiger partial charge is 0.364 e. The van der Waals surface area contributed by atoms with Gasteiger partial charge in [0.05, 0.1) is 50.7 Å². The number of ether oxygens (including phenoxy) is 6. The van der Waals surface area contributed by atoms with Crippen molar-refractivity contribution in [1.82, 2.24) is 10.6 Å². The summed E-state index contributed by atoms with van der Waals surface area (Å²) in [5, 5.41) is 135. The molecule has 0 aromatic carbocycles. The number of carboxylic acid groups (broad SMARTS) is 1. The Hall–Kier alpha value is -2.53. The molecular weight excluding hydrogens is 1080 g/mol. The van der Waals surface area contributed by atoms with Crippen molar-refractivity contribution in [2.45, 2.75) is 323 Å². The third kappa shape index (κ3) is 26.4. The summed E-state index contributed by atoms with van der Waals surface area (Å²) in [7, 11) is 0. The highest BCUT2D eigenvalue weighted by molar-refractivity contribution is 5.77. The van der Waals surface area contributed by atoms with Crippen LogP contribution in [0, 0.1) is 0 Å². The van der Waals surface area contributed by atoms with Crippen molar-refractivity contribution in [1.29, 1.82) is 0 Å². The molecule has 0 spiro atoms. The van der Waals surface area contributed by atoms with Gasteiger partial charge < -0.3 is 100 Å². The maximum Gasteiger partial charge on any atom is 0.364 e. The standard InChI is InChI=1S/C60H110N2O21/c1-4-6-8-10-12-14-16-18-19-20-21-22-24-26-28-30-32-34-47(70)62-41(42(67)33-31-29-27-25-23-17-15-13-11-9-7-5-2)39-78-57-52(74)51(73)54(46(38-65)80-57)81-58-53(75)56(50(72)45(37-64)79-58)83-60(59(76)77)35-43(68)48(61-40(3)66)55(82-60)49(71)44(69)36-63/h31,33,41-46,48-58,63-65,67-69,71-75H,4-30,32,34-39H2,1-3H3,(H,61,66)(H,62,70)(H,76,77)/b33-31+. The molecule has 0 radical (unpaired) electrons. The van der Waals surface area contributed by atoms with Gasteiger partial charge in [-0.15, -0.1) is 0 Å². The van der Waals surface area contributed by atoms with Gasteiger partial charge in [0.1, 0.15) is 67.1 Å². The van der Waals surface area contributed by atoms with E-state index in [0.29, 0.717) is 12.8 Å². The van der Waals surface area contributed by atoms with Crippen LogP contribution in [0.2, 0.25) is 0 Å². The van der Waals surface area contributed by atoms with Crippen LogP contribution >= 0.6 is 0 Å². The molecule has 0 saturated carbocycles. The summed E-state index contributed by atoms with van der Waals surface area (Å²) in [4.78, 5) is 38.4. The van der Waals surface area contributed by atoms with Gasteiger partial charge in [0.15, 0.2) is 12.6 Å². The Morgan fingerprint density at radius 3 is 1.60 bits per heavy atom. The molecule has 3 heterocycles. The van der Waals surface area contributed by atoms with Crippen LogP contribution < -0.4 is 10.6 Å². The lowest BCUT2D eigenvalue weighted by Gasteiger charge is -2.50. The number of aliphatic carboxylic acids is 1.